The topological polar surface area (TPSA) is 43.4 Å². The van der Waals surface area contributed by atoms with E-state index in [1.807, 2.05) is 0 Å². The van der Waals surface area contributed by atoms with E-state index in [-0.39, 0.29) is 6.92 Å². The lowest BCUT2D eigenvalue weighted by molar-refractivity contribution is -0.383. The molecule has 0 N–H and O–H groups in total. The lowest BCUT2D eigenvalue weighted by Crippen LogP contribution is -2.63. The highest BCUT2D eigenvalue weighted by Crippen LogP contribution is 2.55. The molecule has 0 aliphatic heterocycles. The third-order valence-electron chi connectivity index (χ3n) is 2.16. The molecule has 1 atom stereocenters. The van der Waals surface area contributed by atoms with E-state index < -0.39 is 45.7 Å². The van der Waals surface area contributed by atoms with Crippen LogP contribution in [0.4, 0.5) is 52.7 Å². The molecule has 140 valence electrons. The average molecular weight is 396 g/mol. The van der Waals surface area contributed by atoms with Crippen LogP contribution < -0.4 is 0 Å². The fraction of sp³-hybridized carbons (Fsp3) is 1.00. The highest BCUT2D eigenvalue weighted by molar-refractivity contribution is 7.87. The molecule has 0 amide bonds. The number of hydrogen-bond acceptors (Lipinski definition) is 3. The monoisotopic (exact) mass is 396 g/mol. The van der Waals surface area contributed by atoms with Crippen LogP contribution in [0.3, 0.4) is 0 Å². The van der Waals surface area contributed by atoms with E-state index in [2.05, 4.69) is 4.18 Å². The van der Waals surface area contributed by atoms with Gasteiger partial charge >= 0.3 is 39.6 Å². The highest BCUT2D eigenvalue weighted by atomic mass is 32.2. The number of halogens is 12. The number of hydrogen-bond donors (Lipinski definition) is 0. The van der Waals surface area contributed by atoms with Crippen molar-refractivity contribution in [1.29, 1.82) is 0 Å². The zero-order chi connectivity index (χ0) is 19.3. The summed E-state index contributed by atoms with van der Waals surface area (Å²) >= 11 is 0. The van der Waals surface area contributed by atoms with Crippen LogP contribution in [0, 0.1) is 0 Å². The fourth-order valence-corrected chi connectivity index (χ4v) is 1.87. The molecule has 0 saturated carbocycles. The Morgan fingerprint density at radius 3 is 1.35 bits per heavy atom. The van der Waals surface area contributed by atoms with Gasteiger partial charge in [0.1, 0.15) is 0 Å². The predicted octanol–water partition coefficient (Wildman–Crippen LogP) is 3.71. The van der Waals surface area contributed by atoms with E-state index in [4.69, 9.17) is 0 Å². The Bertz CT molecular complexity index is 530. The minimum absolute atomic E-state index is 0.284. The van der Waals surface area contributed by atoms with Crippen LogP contribution in [0.15, 0.2) is 0 Å². The molecule has 0 rings (SSSR count). The maximum Gasteiger partial charge on any atom is 0.460 e. The van der Waals surface area contributed by atoms with Crippen molar-refractivity contribution < 1.29 is 65.3 Å². The molecule has 0 radical (unpaired) electrons. The Kier molecular flexibility index (Phi) is 5.34. The van der Waals surface area contributed by atoms with E-state index >= 15 is 0 Å². The van der Waals surface area contributed by atoms with E-state index in [0.717, 1.165) is 0 Å². The predicted molar refractivity (Wildman–Crippen MR) is 46.4 cm³/mol. The third kappa shape index (κ3) is 3.61. The fourth-order valence-electron chi connectivity index (χ4n) is 0.823. The quantitative estimate of drug-likeness (QED) is 0.526. The lowest BCUT2D eigenvalue weighted by Gasteiger charge is -2.33. The van der Waals surface area contributed by atoms with Crippen molar-refractivity contribution in [3.63, 3.8) is 0 Å². The van der Waals surface area contributed by atoms with Crippen LogP contribution >= 0.6 is 0 Å². The number of alkyl halides is 12. The Morgan fingerprint density at radius 1 is 0.739 bits per heavy atom. The molecule has 1 unspecified atom stereocenters. The molecule has 16 heteroatoms. The second kappa shape index (κ2) is 5.56. The summed E-state index contributed by atoms with van der Waals surface area (Å²) < 4.78 is 171. The SMILES string of the molecule is CC(OS(=O)(=O)C(F)(F)C(F)(F)C(F)(F)C(F)(F)F)C(F)(F)F. The van der Waals surface area contributed by atoms with Crippen LogP contribution in [0.5, 0.6) is 0 Å². The zero-order valence-corrected chi connectivity index (χ0v) is 11.1. The average Bonchev–Trinajstić information content (AvgIpc) is 2.24. The maximum atomic E-state index is 12.9. The number of rotatable bonds is 5. The summed E-state index contributed by atoms with van der Waals surface area (Å²) in [4.78, 5) is 0. The molecule has 0 saturated heterocycles. The maximum absolute atomic E-state index is 12.9. The van der Waals surface area contributed by atoms with Gasteiger partial charge in [-0.05, 0) is 6.92 Å². The van der Waals surface area contributed by atoms with Crippen molar-refractivity contribution in [2.24, 2.45) is 0 Å². The second-order valence-electron chi connectivity index (χ2n) is 3.90. The van der Waals surface area contributed by atoms with Gasteiger partial charge < -0.3 is 0 Å². The van der Waals surface area contributed by atoms with E-state index in [1.165, 1.54) is 0 Å². The first-order valence-corrected chi connectivity index (χ1v) is 6.23. The van der Waals surface area contributed by atoms with Crippen LogP contribution in [0.25, 0.3) is 0 Å². The molecule has 0 spiro atoms. The standard InChI is InChI=1S/C7H4F12O3S/c1-2(3(8,9)10)22-23(20,21)7(18,19)5(13,14)4(11,12)6(15,16)17/h2H,1H3. The van der Waals surface area contributed by atoms with Gasteiger partial charge in [-0.1, -0.05) is 0 Å². The van der Waals surface area contributed by atoms with Crippen LogP contribution in [0.2, 0.25) is 0 Å². The molecule has 0 aliphatic carbocycles. The van der Waals surface area contributed by atoms with Crippen molar-refractivity contribution in [2.75, 3.05) is 0 Å². The summed E-state index contributed by atoms with van der Waals surface area (Å²) in [5.41, 5.74) is 0. The first-order chi connectivity index (χ1) is 9.63. The molecule has 0 aromatic heterocycles. The van der Waals surface area contributed by atoms with E-state index in [9.17, 15) is 61.1 Å². The summed E-state index contributed by atoms with van der Waals surface area (Å²) in [5.74, 6) is -15.2. The summed E-state index contributed by atoms with van der Waals surface area (Å²) in [6.07, 6.45) is -16.8. The minimum Gasteiger partial charge on any atom is -0.253 e. The molecule has 3 nitrogen and oxygen atoms in total. The normalized spacial score (nSPS) is 17.3. The van der Waals surface area contributed by atoms with Crippen LogP contribution in [-0.4, -0.2) is 44.0 Å². The van der Waals surface area contributed by atoms with Gasteiger partial charge in [-0.25, -0.2) is 0 Å². The Balaban J connectivity index is 5.97. The molecule has 0 aliphatic rings. The molecular formula is C7H4F12O3S. The second-order valence-corrected chi connectivity index (χ2v) is 5.51. The molecule has 23 heavy (non-hydrogen) atoms. The molecule has 0 fully saturated rings. The highest BCUT2D eigenvalue weighted by Gasteiger charge is 2.86. The Hall–Kier alpha value is -0.930. The van der Waals surface area contributed by atoms with Crippen molar-refractivity contribution in [2.45, 2.75) is 42.5 Å². The zero-order valence-electron chi connectivity index (χ0n) is 10.2. The summed E-state index contributed by atoms with van der Waals surface area (Å²) in [5, 5.41) is -7.32. The Labute approximate surface area is 119 Å². The van der Waals surface area contributed by atoms with Gasteiger partial charge in [0, 0.05) is 0 Å². The first-order valence-electron chi connectivity index (χ1n) is 4.82. The van der Waals surface area contributed by atoms with Crippen molar-refractivity contribution >= 4 is 10.1 Å². The molecule has 0 aromatic carbocycles. The van der Waals surface area contributed by atoms with Gasteiger partial charge in [0.05, 0.1) is 0 Å². The minimum atomic E-state index is -7.65. The summed E-state index contributed by atoms with van der Waals surface area (Å²) in [7, 11) is -7.53. The van der Waals surface area contributed by atoms with Gasteiger partial charge in [0.25, 0.3) is 0 Å². The van der Waals surface area contributed by atoms with E-state index in [1.54, 1.807) is 0 Å². The van der Waals surface area contributed by atoms with Crippen molar-refractivity contribution in [1.82, 2.24) is 0 Å². The first kappa shape index (κ1) is 22.1. The Morgan fingerprint density at radius 2 is 1.09 bits per heavy atom. The largest absolute Gasteiger partial charge is 0.460 e. The van der Waals surface area contributed by atoms with Gasteiger partial charge in [-0.3, -0.25) is 4.18 Å². The van der Waals surface area contributed by atoms with E-state index in [0.29, 0.717) is 0 Å². The van der Waals surface area contributed by atoms with Gasteiger partial charge in [0.2, 0.25) is 0 Å². The van der Waals surface area contributed by atoms with Gasteiger partial charge in [-0.2, -0.15) is 61.1 Å². The molecular weight excluding hydrogens is 392 g/mol. The summed E-state index contributed by atoms with van der Waals surface area (Å²) in [6.45, 7) is -0.284. The molecule has 0 aromatic rings. The lowest BCUT2D eigenvalue weighted by atomic mass is 10.1. The van der Waals surface area contributed by atoms with Gasteiger partial charge in [-0.15, -0.1) is 0 Å². The molecule has 0 heterocycles. The molecule has 0 bridgehead atoms. The van der Waals surface area contributed by atoms with Crippen LogP contribution in [-0.2, 0) is 14.3 Å². The smallest absolute Gasteiger partial charge is 0.253 e. The van der Waals surface area contributed by atoms with Crippen LogP contribution in [0.1, 0.15) is 6.92 Å². The third-order valence-corrected chi connectivity index (χ3v) is 3.59. The van der Waals surface area contributed by atoms with Crippen molar-refractivity contribution in [3.8, 4) is 0 Å². The summed E-state index contributed by atoms with van der Waals surface area (Å²) in [6, 6.07) is 0. The van der Waals surface area contributed by atoms with Gasteiger partial charge in [0.15, 0.2) is 6.10 Å². The van der Waals surface area contributed by atoms with Crippen molar-refractivity contribution in [3.05, 3.63) is 0 Å².